The second-order valence-electron chi connectivity index (χ2n) is 4.33. The summed E-state index contributed by atoms with van der Waals surface area (Å²) in [5.41, 5.74) is 1.48. The highest BCUT2D eigenvalue weighted by Crippen LogP contribution is 2.40. The van der Waals surface area contributed by atoms with E-state index in [1.54, 1.807) is 0 Å². The molecular weight excluding hydrogens is 232 g/mol. The molecule has 4 nitrogen and oxygen atoms in total. The lowest BCUT2D eigenvalue weighted by atomic mass is 10.1. The minimum absolute atomic E-state index is 0.847. The van der Waals surface area contributed by atoms with E-state index in [2.05, 4.69) is 31.2 Å². The van der Waals surface area contributed by atoms with Gasteiger partial charge in [0.15, 0.2) is 0 Å². The van der Waals surface area contributed by atoms with E-state index in [1.807, 2.05) is 0 Å². The number of carboxylic acid groups (broad SMARTS) is 2. The zero-order chi connectivity index (χ0) is 13.4. The monoisotopic (exact) mass is 252 g/mol. The zero-order valence-corrected chi connectivity index (χ0v) is 10.6. The molecule has 1 fully saturated rings. The summed E-state index contributed by atoms with van der Waals surface area (Å²) in [5.74, 6) is 1.86. The number of hydrogen-bond acceptors (Lipinski definition) is 2. The second kappa shape index (κ2) is 7.58. The van der Waals surface area contributed by atoms with Gasteiger partial charge in [0.05, 0.1) is 6.61 Å². The highest BCUT2D eigenvalue weighted by molar-refractivity contribution is 5.53. The van der Waals surface area contributed by atoms with Gasteiger partial charge in [-0.15, -0.1) is 0 Å². The van der Waals surface area contributed by atoms with E-state index in [4.69, 9.17) is 19.7 Å². The maximum absolute atomic E-state index is 8.56. The molecule has 2 rings (SSSR count). The molecule has 0 aliphatic heterocycles. The molecule has 1 aromatic rings. The Morgan fingerprint density at radius 1 is 1.28 bits per heavy atom. The van der Waals surface area contributed by atoms with Crippen LogP contribution in [0.4, 0.5) is 4.79 Å². The molecule has 1 aromatic carbocycles. The first-order chi connectivity index (χ1) is 8.63. The van der Waals surface area contributed by atoms with Crippen molar-refractivity contribution in [1.29, 1.82) is 0 Å². The molecule has 2 N–H and O–H groups in total. The molecule has 4 heteroatoms. The predicted molar refractivity (Wildman–Crippen MR) is 69.5 cm³/mol. The number of benzene rings is 1. The maximum atomic E-state index is 8.56. The van der Waals surface area contributed by atoms with Gasteiger partial charge in [0, 0.05) is 0 Å². The van der Waals surface area contributed by atoms with Crippen molar-refractivity contribution in [2.45, 2.75) is 38.5 Å². The fourth-order valence-corrected chi connectivity index (χ4v) is 1.59. The Bertz CT molecular complexity index is 351. The Morgan fingerprint density at radius 2 is 1.83 bits per heavy atom. The van der Waals surface area contributed by atoms with E-state index >= 15 is 0 Å². The fraction of sp³-hybridized carbons (Fsp3) is 0.500. The molecular formula is C14H20O4. The van der Waals surface area contributed by atoms with Crippen molar-refractivity contribution in [3.8, 4) is 5.75 Å². The fourth-order valence-electron chi connectivity index (χ4n) is 1.59. The lowest BCUT2D eigenvalue weighted by Gasteiger charge is -2.05. The van der Waals surface area contributed by atoms with Gasteiger partial charge in [-0.1, -0.05) is 25.5 Å². The van der Waals surface area contributed by atoms with Crippen LogP contribution in [0.15, 0.2) is 24.3 Å². The van der Waals surface area contributed by atoms with Gasteiger partial charge in [-0.25, -0.2) is 4.79 Å². The zero-order valence-electron chi connectivity index (χ0n) is 10.6. The van der Waals surface area contributed by atoms with E-state index in [0.29, 0.717) is 0 Å². The Labute approximate surface area is 107 Å². The molecule has 1 aliphatic rings. The van der Waals surface area contributed by atoms with Crippen molar-refractivity contribution in [1.82, 2.24) is 0 Å². The van der Waals surface area contributed by atoms with Crippen molar-refractivity contribution in [3.63, 3.8) is 0 Å². The van der Waals surface area contributed by atoms with E-state index in [1.165, 1.54) is 24.8 Å². The van der Waals surface area contributed by atoms with Crippen molar-refractivity contribution < 1.29 is 19.7 Å². The maximum Gasteiger partial charge on any atom is 0.503 e. The smallest absolute Gasteiger partial charge is 0.494 e. The number of carbonyl (C=O) groups is 1. The SMILES string of the molecule is CCCCOc1ccc(C2CC2)cc1.O=C(O)O. The van der Waals surface area contributed by atoms with Crippen LogP contribution in [-0.2, 0) is 0 Å². The molecule has 0 radical (unpaired) electrons. The van der Waals surface area contributed by atoms with E-state index in [9.17, 15) is 0 Å². The summed E-state index contributed by atoms with van der Waals surface area (Å²) in [7, 11) is 0. The molecule has 100 valence electrons. The van der Waals surface area contributed by atoms with Crippen LogP contribution >= 0.6 is 0 Å². The van der Waals surface area contributed by atoms with Gasteiger partial charge in [-0.3, -0.25) is 0 Å². The molecule has 1 saturated carbocycles. The third-order valence-corrected chi connectivity index (χ3v) is 2.70. The van der Waals surface area contributed by atoms with E-state index in [-0.39, 0.29) is 0 Å². The third-order valence-electron chi connectivity index (χ3n) is 2.70. The molecule has 0 spiro atoms. The van der Waals surface area contributed by atoms with Crippen LogP contribution in [0.2, 0.25) is 0 Å². The predicted octanol–water partition coefficient (Wildman–Crippen LogP) is 3.97. The first kappa shape index (κ1) is 14.4. The van der Waals surface area contributed by atoms with Gasteiger partial charge in [0.1, 0.15) is 5.75 Å². The Hall–Kier alpha value is -1.71. The minimum atomic E-state index is -1.83. The van der Waals surface area contributed by atoms with Gasteiger partial charge in [-0.05, 0) is 42.9 Å². The third kappa shape index (κ3) is 6.13. The van der Waals surface area contributed by atoms with Gasteiger partial charge in [0.25, 0.3) is 0 Å². The first-order valence-corrected chi connectivity index (χ1v) is 6.28. The van der Waals surface area contributed by atoms with Crippen molar-refractivity contribution >= 4 is 6.16 Å². The minimum Gasteiger partial charge on any atom is -0.494 e. The van der Waals surface area contributed by atoms with Crippen molar-refractivity contribution in [3.05, 3.63) is 29.8 Å². The lowest BCUT2D eigenvalue weighted by molar-refractivity contribution is 0.137. The average Bonchev–Trinajstić information content (AvgIpc) is 3.14. The molecule has 0 bridgehead atoms. The van der Waals surface area contributed by atoms with Crippen LogP contribution < -0.4 is 4.74 Å². The van der Waals surface area contributed by atoms with Crippen LogP contribution in [0.5, 0.6) is 5.75 Å². The summed E-state index contributed by atoms with van der Waals surface area (Å²) in [6.45, 7) is 3.03. The Kier molecular flexibility index (Phi) is 6.05. The average molecular weight is 252 g/mol. The highest BCUT2D eigenvalue weighted by Gasteiger charge is 2.22. The van der Waals surface area contributed by atoms with Crippen molar-refractivity contribution in [2.75, 3.05) is 6.61 Å². The van der Waals surface area contributed by atoms with Gasteiger partial charge in [0.2, 0.25) is 0 Å². The Morgan fingerprint density at radius 3 is 2.28 bits per heavy atom. The van der Waals surface area contributed by atoms with Crippen LogP contribution in [-0.4, -0.2) is 23.0 Å². The molecule has 0 amide bonds. The van der Waals surface area contributed by atoms with Crippen LogP contribution in [0.1, 0.15) is 44.1 Å². The number of hydrogen-bond donors (Lipinski definition) is 2. The van der Waals surface area contributed by atoms with Crippen molar-refractivity contribution in [2.24, 2.45) is 0 Å². The normalized spacial score (nSPS) is 13.4. The second-order valence-corrected chi connectivity index (χ2v) is 4.33. The van der Waals surface area contributed by atoms with Crippen LogP contribution in [0, 0.1) is 0 Å². The quantitative estimate of drug-likeness (QED) is 0.778. The largest absolute Gasteiger partial charge is 0.503 e. The molecule has 0 unspecified atom stereocenters. The summed E-state index contributed by atoms with van der Waals surface area (Å²) in [6.07, 6.45) is 3.25. The highest BCUT2D eigenvalue weighted by atomic mass is 16.6. The topological polar surface area (TPSA) is 66.8 Å². The molecule has 0 heterocycles. The first-order valence-electron chi connectivity index (χ1n) is 6.28. The standard InChI is InChI=1S/C13H18O.CH2O3/c1-2-3-10-14-13-8-6-12(7-9-13)11-4-5-11;2-1(3)4/h6-9,11H,2-5,10H2,1H3;(H2,2,3,4). The lowest BCUT2D eigenvalue weighted by Crippen LogP contribution is -1.96. The van der Waals surface area contributed by atoms with E-state index < -0.39 is 6.16 Å². The summed E-state index contributed by atoms with van der Waals surface area (Å²) in [5, 5.41) is 13.9. The van der Waals surface area contributed by atoms with Crippen LogP contribution in [0.3, 0.4) is 0 Å². The summed E-state index contributed by atoms with van der Waals surface area (Å²) in [4.78, 5) is 8.56. The van der Waals surface area contributed by atoms with Gasteiger partial charge in [-0.2, -0.15) is 0 Å². The summed E-state index contributed by atoms with van der Waals surface area (Å²) < 4.78 is 5.60. The van der Waals surface area contributed by atoms with Crippen LogP contribution in [0.25, 0.3) is 0 Å². The summed E-state index contributed by atoms with van der Waals surface area (Å²) >= 11 is 0. The molecule has 0 saturated heterocycles. The molecule has 18 heavy (non-hydrogen) atoms. The molecule has 0 atom stereocenters. The summed E-state index contributed by atoms with van der Waals surface area (Å²) in [6, 6.07) is 8.62. The Balaban J connectivity index is 0.000000357. The number of unbranched alkanes of at least 4 members (excludes halogenated alkanes) is 1. The van der Waals surface area contributed by atoms with Gasteiger partial charge >= 0.3 is 6.16 Å². The molecule has 0 aromatic heterocycles. The van der Waals surface area contributed by atoms with Gasteiger partial charge < -0.3 is 14.9 Å². The molecule has 1 aliphatic carbocycles. The number of ether oxygens (including phenoxy) is 1. The van der Waals surface area contributed by atoms with E-state index in [0.717, 1.165) is 24.7 Å². The number of rotatable bonds is 5.